The second-order valence-electron chi connectivity index (χ2n) is 3.61. The molecule has 0 spiro atoms. The van der Waals surface area contributed by atoms with Gasteiger partial charge in [0.1, 0.15) is 0 Å². The number of phenols is 1. The number of aromatic hydroxyl groups is 1. The predicted octanol–water partition coefficient (Wildman–Crippen LogP) is 2.53. The average Bonchev–Trinajstić information content (AvgIpc) is 2.23. The maximum Gasteiger partial charge on any atom is 0.162 e. The van der Waals surface area contributed by atoms with Gasteiger partial charge in [-0.2, -0.15) is 0 Å². The van der Waals surface area contributed by atoms with E-state index < -0.39 is 0 Å². The molecule has 1 rings (SSSR count). The number of ether oxygens (including phenoxy) is 1. The molecular weight excluding hydrogens is 258 g/mol. The largest absolute Gasteiger partial charge is 0.504 e. The molecule has 84 valence electrons. The van der Waals surface area contributed by atoms with E-state index in [1.165, 1.54) is 0 Å². The normalized spacial score (nSPS) is 12.6. The second kappa shape index (κ2) is 4.86. The molecule has 3 N–H and O–H groups in total. The molecular formula is C11H16BrNO2. The summed E-state index contributed by atoms with van der Waals surface area (Å²) in [6.45, 7) is 4.41. The van der Waals surface area contributed by atoms with E-state index in [2.05, 4.69) is 15.9 Å². The van der Waals surface area contributed by atoms with E-state index in [1.807, 2.05) is 13.8 Å². The van der Waals surface area contributed by atoms with Crippen LogP contribution in [0.1, 0.15) is 24.0 Å². The lowest BCUT2D eigenvalue weighted by Gasteiger charge is -2.17. The minimum absolute atomic E-state index is 0.0909. The molecule has 0 bridgehead atoms. The van der Waals surface area contributed by atoms with Crippen molar-refractivity contribution in [3.63, 3.8) is 0 Å². The van der Waals surface area contributed by atoms with Gasteiger partial charge in [0.05, 0.1) is 7.11 Å². The molecule has 15 heavy (non-hydrogen) atoms. The maximum atomic E-state index is 9.99. The first-order valence-electron chi connectivity index (χ1n) is 4.78. The molecule has 0 radical (unpaired) electrons. The lowest BCUT2D eigenvalue weighted by atomic mass is 9.98. The summed E-state index contributed by atoms with van der Waals surface area (Å²) in [6, 6.07) is 1.80. The molecule has 0 aliphatic heterocycles. The molecule has 0 aliphatic rings. The monoisotopic (exact) mass is 273 g/mol. The van der Waals surface area contributed by atoms with Crippen LogP contribution in [0.2, 0.25) is 0 Å². The number of methoxy groups -OCH3 is 1. The van der Waals surface area contributed by atoms with Gasteiger partial charge in [-0.1, -0.05) is 22.9 Å². The number of hydrogen-bond donors (Lipinski definition) is 2. The average molecular weight is 274 g/mol. The third kappa shape index (κ3) is 2.26. The summed E-state index contributed by atoms with van der Waals surface area (Å²) in [5.41, 5.74) is 7.45. The van der Waals surface area contributed by atoms with E-state index in [0.717, 1.165) is 15.6 Å². The van der Waals surface area contributed by atoms with Crippen LogP contribution in [0.15, 0.2) is 10.5 Å². The Bertz CT molecular complexity index is 366. The van der Waals surface area contributed by atoms with Crippen LogP contribution in [0.4, 0.5) is 0 Å². The first-order chi connectivity index (χ1) is 7.02. The molecule has 0 heterocycles. The van der Waals surface area contributed by atoms with Crippen molar-refractivity contribution >= 4 is 15.9 Å². The highest BCUT2D eigenvalue weighted by Crippen LogP contribution is 2.41. The minimum atomic E-state index is 0.0909. The highest BCUT2D eigenvalue weighted by Gasteiger charge is 2.18. The third-order valence-electron chi connectivity index (χ3n) is 2.49. The number of benzene rings is 1. The topological polar surface area (TPSA) is 55.5 Å². The van der Waals surface area contributed by atoms with Crippen LogP contribution in [0, 0.1) is 6.92 Å². The zero-order valence-electron chi connectivity index (χ0n) is 9.17. The van der Waals surface area contributed by atoms with Crippen molar-refractivity contribution in [3.8, 4) is 11.5 Å². The molecule has 0 saturated carbocycles. The Balaban J connectivity index is 3.40. The van der Waals surface area contributed by atoms with Crippen molar-refractivity contribution in [1.82, 2.24) is 0 Å². The van der Waals surface area contributed by atoms with E-state index in [0.29, 0.717) is 12.3 Å². The van der Waals surface area contributed by atoms with Crippen LogP contribution in [0.25, 0.3) is 0 Å². The molecule has 1 unspecified atom stereocenters. The van der Waals surface area contributed by atoms with Crippen LogP contribution in [0.3, 0.4) is 0 Å². The van der Waals surface area contributed by atoms with Gasteiger partial charge in [0.15, 0.2) is 11.5 Å². The quantitative estimate of drug-likeness (QED) is 0.890. The summed E-state index contributed by atoms with van der Waals surface area (Å²) in [5, 5.41) is 9.99. The Morgan fingerprint density at radius 1 is 1.60 bits per heavy atom. The minimum Gasteiger partial charge on any atom is -0.504 e. The predicted molar refractivity (Wildman–Crippen MR) is 64.6 cm³/mol. The van der Waals surface area contributed by atoms with Gasteiger partial charge in [0.25, 0.3) is 0 Å². The summed E-state index contributed by atoms with van der Waals surface area (Å²) in [6.07, 6.45) is 0. The summed E-state index contributed by atoms with van der Waals surface area (Å²) < 4.78 is 6.01. The Kier molecular flexibility index (Phi) is 3.99. The number of halogens is 1. The molecule has 0 fully saturated rings. The number of hydrogen-bond acceptors (Lipinski definition) is 3. The van der Waals surface area contributed by atoms with Gasteiger partial charge in [0, 0.05) is 10.0 Å². The van der Waals surface area contributed by atoms with Crippen molar-refractivity contribution in [2.45, 2.75) is 19.8 Å². The SMILES string of the molecule is COc1cc(C)c(Br)c(C(C)CN)c1O. The fourth-order valence-electron chi connectivity index (χ4n) is 1.50. The zero-order chi connectivity index (χ0) is 11.6. The van der Waals surface area contributed by atoms with Gasteiger partial charge in [-0.3, -0.25) is 0 Å². The molecule has 0 saturated heterocycles. The standard InChI is InChI=1S/C11H16BrNO2/c1-6-4-8(15-3)11(14)9(10(6)12)7(2)5-13/h4,7,14H,5,13H2,1-3H3. The van der Waals surface area contributed by atoms with Crippen LogP contribution in [-0.2, 0) is 0 Å². The highest BCUT2D eigenvalue weighted by atomic mass is 79.9. The Morgan fingerprint density at radius 3 is 2.67 bits per heavy atom. The Hall–Kier alpha value is -0.740. The summed E-state index contributed by atoms with van der Waals surface area (Å²) in [4.78, 5) is 0. The Labute approximate surface area is 98.4 Å². The molecule has 4 heteroatoms. The van der Waals surface area contributed by atoms with Gasteiger partial charge in [-0.25, -0.2) is 0 Å². The summed E-state index contributed by atoms with van der Waals surface area (Å²) >= 11 is 3.46. The highest BCUT2D eigenvalue weighted by molar-refractivity contribution is 9.10. The van der Waals surface area contributed by atoms with E-state index in [4.69, 9.17) is 10.5 Å². The van der Waals surface area contributed by atoms with Gasteiger partial charge >= 0.3 is 0 Å². The zero-order valence-corrected chi connectivity index (χ0v) is 10.8. The third-order valence-corrected chi connectivity index (χ3v) is 3.54. The van der Waals surface area contributed by atoms with Crippen molar-refractivity contribution in [1.29, 1.82) is 0 Å². The smallest absolute Gasteiger partial charge is 0.162 e. The lowest BCUT2D eigenvalue weighted by molar-refractivity contribution is 0.368. The number of aryl methyl sites for hydroxylation is 1. The molecule has 1 aromatic carbocycles. The first kappa shape index (κ1) is 12.3. The summed E-state index contributed by atoms with van der Waals surface area (Å²) in [7, 11) is 1.54. The Morgan fingerprint density at radius 2 is 2.20 bits per heavy atom. The second-order valence-corrected chi connectivity index (χ2v) is 4.40. The first-order valence-corrected chi connectivity index (χ1v) is 5.58. The van der Waals surface area contributed by atoms with Gasteiger partial charge in [0.2, 0.25) is 0 Å². The van der Waals surface area contributed by atoms with Crippen molar-refractivity contribution in [2.24, 2.45) is 5.73 Å². The molecule has 1 aromatic rings. The number of rotatable bonds is 3. The number of nitrogens with two attached hydrogens (primary N) is 1. The molecule has 1 atom stereocenters. The summed E-state index contributed by atoms with van der Waals surface area (Å²) in [5.74, 6) is 0.757. The van der Waals surface area contributed by atoms with Crippen molar-refractivity contribution in [2.75, 3.05) is 13.7 Å². The van der Waals surface area contributed by atoms with E-state index in [9.17, 15) is 5.11 Å². The molecule has 0 amide bonds. The van der Waals surface area contributed by atoms with Gasteiger partial charge in [-0.15, -0.1) is 0 Å². The van der Waals surface area contributed by atoms with Crippen LogP contribution in [-0.4, -0.2) is 18.8 Å². The van der Waals surface area contributed by atoms with Crippen molar-refractivity contribution in [3.05, 3.63) is 21.7 Å². The number of phenolic OH excluding ortho intramolecular Hbond substituents is 1. The van der Waals surface area contributed by atoms with E-state index in [-0.39, 0.29) is 11.7 Å². The van der Waals surface area contributed by atoms with E-state index in [1.54, 1.807) is 13.2 Å². The lowest BCUT2D eigenvalue weighted by Crippen LogP contribution is -2.10. The van der Waals surface area contributed by atoms with Crippen LogP contribution in [0.5, 0.6) is 11.5 Å². The van der Waals surface area contributed by atoms with Crippen molar-refractivity contribution < 1.29 is 9.84 Å². The van der Waals surface area contributed by atoms with Crippen LogP contribution < -0.4 is 10.5 Å². The fourth-order valence-corrected chi connectivity index (χ4v) is 2.19. The van der Waals surface area contributed by atoms with E-state index >= 15 is 0 Å². The van der Waals surface area contributed by atoms with Gasteiger partial charge in [-0.05, 0) is 31.0 Å². The molecule has 0 aliphatic carbocycles. The fraction of sp³-hybridized carbons (Fsp3) is 0.455. The molecule has 0 aromatic heterocycles. The maximum absolute atomic E-state index is 9.99. The van der Waals surface area contributed by atoms with Crippen LogP contribution >= 0.6 is 15.9 Å². The van der Waals surface area contributed by atoms with Gasteiger partial charge < -0.3 is 15.6 Å². The molecule has 3 nitrogen and oxygen atoms in total.